The number of hydrogen-bond acceptors (Lipinski definition) is 12. The zero-order chi connectivity index (χ0) is 42.0. The number of rotatable bonds is 10. The minimum absolute atomic E-state index is 0.00954. The Balaban J connectivity index is 0.000000182. The highest BCUT2D eigenvalue weighted by atomic mass is 16.5. The molecule has 0 radical (unpaired) electrons. The summed E-state index contributed by atoms with van der Waals surface area (Å²) in [5, 5.41) is 8.34. The third kappa shape index (κ3) is 9.95. The summed E-state index contributed by atoms with van der Waals surface area (Å²) >= 11 is 0. The molecule has 0 atom stereocenters. The molecule has 4 aromatic carbocycles. The second kappa shape index (κ2) is 19.1. The second-order valence-corrected chi connectivity index (χ2v) is 14.6. The first-order valence-corrected chi connectivity index (χ1v) is 19.8. The normalized spacial score (nSPS) is 14.6. The van der Waals surface area contributed by atoms with E-state index in [-0.39, 0.29) is 18.1 Å². The molecular formula is C47H48N8O5. The summed E-state index contributed by atoms with van der Waals surface area (Å²) in [7, 11) is 5.39. The predicted octanol–water partition coefficient (Wildman–Crippen LogP) is 7.59. The number of piperidine rings is 2. The van der Waals surface area contributed by atoms with Crippen LogP contribution in [0.2, 0.25) is 0 Å². The summed E-state index contributed by atoms with van der Waals surface area (Å²) < 4.78 is 23.7. The van der Waals surface area contributed by atoms with Gasteiger partial charge in [-0.1, -0.05) is 24.0 Å². The highest BCUT2D eigenvalue weighted by Crippen LogP contribution is 2.38. The maximum absolute atomic E-state index is 11.6. The van der Waals surface area contributed by atoms with Crippen molar-refractivity contribution in [2.24, 2.45) is 0 Å². The predicted molar refractivity (Wildman–Crippen MR) is 235 cm³/mol. The van der Waals surface area contributed by atoms with Gasteiger partial charge in [-0.05, 0) is 68.4 Å². The quantitative estimate of drug-likeness (QED) is 0.132. The van der Waals surface area contributed by atoms with E-state index < -0.39 is 0 Å². The van der Waals surface area contributed by atoms with Crippen molar-refractivity contribution in [2.75, 3.05) is 58.1 Å². The van der Waals surface area contributed by atoms with Gasteiger partial charge in [-0.25, -0.2) is 19.9 Å². The fourth-order valence-electron chi connectivity index (χ4n) is 7.23. The number of nitrogens with zero attached hydrogens (tertiary/aromatic N) is 6. The first kappa shape index (κ1) is 41.1. The number of aromatic nitrogens is 4. The van der Waals surface area contributed by atoms with Crippen LogP contribution in [0.15, 0.2) is 85.5 Å². The van der Waals surface area contributed by atoms with Crippen LogP contribution in [0.5, 0.6) is 23.0 Å². The minimum atomic E-state index is 0.00954. The second-order valence-electron chi connectivity index (χ2n) is 14.6. The fourth-order valence-corrected chi connectivity index (χ4v) is 7.23. The van der Waals surface area contributed by atoms with Crippen molar-refractivity contribution < 1.29 is 23.7 Å². The summed E-state index contributed by atoms with van der Waals surface area (Å²) in [6, 6.07) is 22.9. The summed E-state index contributed by atoms with van der Waals surface area (Å²) in [6.07, 6.45) is 17.8. The Bertz CT molecular complexity index is 2550. The molecule has 0 bridgehead atoms. The molecule has 0 spiro atoms. The Morgan fingerprint density at radius 1 is 0.650 bits per heavy atom. The van der Waals surface area contributed by atoms with E-state index in [2.05, 4.69) is 54.4 Å². The smallest absolute Gasteiger partial charge is 0.219 e. The SMILES string of the molecule is C#Cc1cccc(Nc2ncnc3cc(OC)c(OC4CCN(C(C)=O)CC4)cc23)c1.C#Cc1cccc(Nc2ncnc3cc(OC)c(OC4CCN(C)CC4)cc23)c1. The van der Waals surface area contributed by atoms with Gasteiger partial charge in [0.1, 0.15) is 36.5 Å². The molecule has 2 aromatic heterocycles. The van der Waals surface area contributed by atoms with Crippen LogP contribution in [-0.2, 0) is 4.79 Å². The number of hydrogen-bond donors (Lipinski definition) is 2. The summed E-state index contributed by atoms with van der Waals surface area (Å²) in [5.74, 6) is 9.36. The van der Waals surface area contributed by atoms with Crippen LogP contribution in [0.25, 0.3) is 21.8 Å². The molecule has 2 aliphatic rings. The zero-order valence-corrected chi connectivity index (χ0v) is 34.3. The molecule has 2 saturated heterocycles. The summed E-state index contributed by atoms with van der Waals surface area (Å²) in [6.45, 7) is 5.04. The van der Waals surface area contributed by atoms with Crippen LogP contribution in [0.3, 0.4) is 0 Å². The molecule has 4 heterocycles. The van der Waals surface area contributed by atoms with E-state index in [1.165, 1.54) is 12.7 Å². The highest BCUT2D eigenvalue weighted by Gasteiger charge is 2.24. The van der Waals surface area contributed by atoms with E-state index in [4.69, 9.17) is 31.8 Å². The van der Waals surface area contributed by atoms with E-state index >= 15 is 0 Å². The van der Waals surface area contributed by atoms with Gasteiger partial charge in [0, 0.05) is 91.4 Å². The topological polar surface area (TPSA) is 136 Å². The van der Waals surface area contributed by atoms with Gasteiger partial charge in [-0.2, -0.15) is 0 Å². The largest absolute Gasteiger partial charge is 0.493 e. The molecule has 8 rings (SSSR count). The minimum Gasteiger partial charge on any atom is -0.493 e. The first-order valence-electron chi connectivity index (χ1n) is 19.8. The lowest BCUT2D eigenvalue weighted by molar-refractivity contribution is -0.130. The fraction of sp³-hybridized carbons (Fsp3) is 0.298. The zero-order valence-electron chi connectivity index (χ0n) is 34.3. The molecule has 2 aliphatic heterocycles. The van der Waals surface area contributed by atoms with Gasteiger partial charge in [0.05, 0.1) is 25.3 Å². The lowest BCUT2D eigenvalue weighted by Crippen LogP contribution is -2.40. The van der Waals surface area contributed by atoms with E-state index in [0.717, 1.165) is 83.1 Å². The lowest BCUT2D eigenvalue weighted by atomic mass is 10.1. The molecule has 13 nitrogen and oxygen atoms in total. The monoisotopic (exact) mass is 804 g/mol. The molecule has 0 unspecified atom stereocenters. The van der Waals surface area contributed by atoms with Gasteiger partial charge >= 0.3 is 0 Å². The Hall–Kier alpha value is -7.09. The number of ether oxygens (including phenoxy) is 4. The summed E-state index contributed by atoms with van der Waals surface area (Å²) in [5.41, 5.74) is 4.82. The average molecular weight is 805 g/mol. The molecule has 13 heteroatoms. The van der Waals surface area contributed by atoms with Crippen molar-refractivity contribution >= 4 is 50.7 Å². The molecule has 2 N–H and O–H groups in total. The Kier molecular flexibility index (Phi) is 13.1. The Labute approximate surface area is 350 Å². The molecule has 0 aliphatic carbocycles. The van der Waals surface area contributed by atoms with E-state index in [9.17, 15) is 4.79 Å². The lowest BCUT2D eigenvalue weighted by Gasteiger charge is -2.31. The van der Waals surface area contributed by atoms with Crippen LogP contribution >= 0.6 is 0 Å². The molecule has 60 heavy (non-hydrogen) atoms. The third-order valence-electron chi connectivity index (χ3n) is 10.6. The summed E-state index contributed by atoms with van der Waals surface area (Å²) in [4.78, 5) is 33.4. The van der Waals surface area contributed by atoms with Crippen molar-refractivity contribution in [2.45, 2.75) is 44.8 Å². The number of methoxy groups -OCH3 is 2. The number of anilines is 4. The number of likely N-dealkylation sites (tertiary alicyclic amines) is 2. The maximum Gasteiger partial charge on any atom is 0.219 e. The van der Waals surface area contributed by atoms with Gasteiger partial charge in [0.25, 0.3) is 0 Å². The Morgan fingerprint density at radius 2 is 1.10 bits per heavy atom. The van der Waals surface area contributed by atoms with Gasteiger partial charge in [0.15, 0.2) is 23.0 Å². The average Bonchev–Trinajstić information content (AvgIpc) is 3.27. The van der Waals surface area contributed by atoms with Crippen molar-refractivity contribution in [3.63, 3.8) is 0 Å². The molecular weight excluding hydrogens is 757 g/mol. The molecule has 306 valence electrons. The van der Waals surface area contributed by atoms with Crippen LogP contribution < -0.4 is 29.6 Å². The molecule has 6 aromatic rings. The number of carbonyl (C=O) groups excluding carboxylic acids is 1. The molecule has 0 saturated carbocycles. The van der Waals surface area contributed by atoms with Crippen molar-refractivity contribution in [3.05, 3.63) is 96.6 Å². The van der Waals surface area contributed by atoms with E-state index in [1.807, 2.05) is 77.7 Å². The third-order valence-corrected chi connectivity index (χ3v) is 10.6. The molecule has 1 amide bonds. The number of terminal acetylenes is 2. The van der Waals surface area contributed by atoms with Gasteiger partial charge in [-0.3, -0.25) is 4.79 Å². The number of nitrogens with one attached hydrogen (secondary N) is 2. The number of benzene rings is 4. The highest BCUT2D eigenvalue weighted by molar-refractivity contribution is 5.94. The van der Waals surface area contributed by atoms with Crippen LogP contribution in [0.4, 0.5) is 23.0 Å². The van der Waals surface area contributed by atoms with Crippen LogP contribution in [0.1, 0.15) is 43.7 Å². The molecule has 2 fully saturated rings. The van der Waals surface area contributed by atoms with Crippen molar-refractivity contribution in [1.82, 2.24) is 29.7 Å². The van der Waals surface area contributed by atoms with Gasteiger partial charge in [-0.15, -0.1) is 12.8 Å². The van der Waals surface area contributed by atoms with Crippen LogP contribution in [0, 0.1) is 24.7 Å². The van der Waals surface area contributed by atoms with E-state index in [1.54, 1.807) is 21.1 Å². The maximum atomic E-state index is 11.6. The number of fused-ring (bicyclic) bond motifs is 2. The van der Waals surface area contributed by atoms with Gasteiger partial charge in [0.2, 0.25) is 5.91 Å². The number of carbonyl (C=O) groups is 1. The van der Waals surface area contributed by atoms with E-state index in [0.29, 0.717) is 47.7 Å². The van der Waals surface area contributed by atoms with Crippen molar-refractivity contribution in [1.29, 1.82) is 0 Å². The van der Waals surface area contributed by atoms with Crippen LogP contribution in [-0.4, -0.2) is 95.3 Å². The Morgan fingerprint density at radius 3 is 1.52 bits per heavy atom. The standard InChI is InChI=1S/C24H24N4O3.C23H24N4O2/c1-4-17-6-5-7-18(12-17)27-24-20-13-23(22(30-3)14-21(20)25-15-26-24)31-19-8-10-28(11-9-19)16(2)29;1-4-16-6-5-7-17(12-16)26-23-19-13-22(29-18-8-10-27(2)11-9-18)21(28-3)14-20(19)24-15-25-23/h1,5-7,12-15,19H,8-11H2,2-3H3,(H,25,26,27);1,5-7,12-15,18H,8-11H2,2-3H3,(H,24,25,26). The first-order chi connectivity index (χ1) is 29.2. The van der Waals surface area contributed by atoms with Gasteiger partial charge < -0.3 is 39.4 Å². The van der Waals surface area contributed by atoms with Crippen molar-refractivity contribution in [3.8, 4) is 47.7 Å². The number of amides is 1.